The number of allylic oxidation sites excluding steroid dienone is 2. The quantitative estimate of drug-likeness (QED) is 0.355. The monoisotopic (exact) mass is 389 g/mol. The van der Waals surface area contributed by atoms with E-state index in [1.807, 2.05) is 13.0 Å². The molecule has 0 fully saturated rings. The van der Waals surface area contributed by atoms with E-state index < -0.39 is 11.9 Å². The molecule has 1 aromatic carbocycles. The molecule has 3 N–H and O–H groups in total. The Balaban J connectivity index is 2.44. The molecule has 1 aliphatic carbocycles. The minimum atomic E-state index is -0.565. The molecule has 28 heavy (non-hydrogen) atoms. The van der Waals surface area contributed by atoms with Crippen molar-refractivity contribution in [1.29, 1.82) is 0 Å². The van der Waals surface area contributed by atoms with E-state index in [1.54, 1.807) is 6.07 Å². The summed E-state index contributed by atoms with van der Waals surface area (Å²) in [6.07, 6.45) is 8.23. The summed E-state index contributed by atoms with van der Waals surface area (Å²) in [7, 11) is 1.25. The van der Waals surface area contributed by atoms with Crippen LogP contribution in [0.1, 0.15) is 79.8 Å². The molecule has 0 saturated carbocycles. The van der Waals surface area contributed by atoms with Crippen molar-refractivity contribution in [1.82, 2.24) is 5.32 Å². The van der Waals surface area contributed by atoms with Gasteiger partial charge in [-0.2, -0.15) is 0 Å². The zero-order chi connectivity index (χ0) is 20.7. The predicted octanol–water partition coefficient (Wildman–Crippen LogP) is 3.95. The maximum atomic E-state index is 12.8. The summed E-state index contributed by atoms with van der Waals surface area (Å²) in [5.74, 6) is -1.41. The Bertz CT molecular complexity index is 754. The smallest absolute Gasteiger partial charge is 0.325 e. The van der Waals surface area contributed by atoms with E-state index in [0.717, 1.165) is 38.5 Å². The first kappa shape index (κ1) is 21.8. The number of nitrogens with one attached hydrogen (secondary N) is 1. The van der Waals surface area contributed by atoms with Crippen molar-refractivity contribution in [3.63, 3.8) is 0 Å². The van der Waals surface area contributed by atoms with Crippen LogP contribution in [0.25, 0.3) is 0 Å². The molecule has 154 valence electrons. The molecule has 6 nitrogen and oxygen atoms in total. The van der Waals surface area contributed by atoms with Crippen LogP contribution in [0.4, 0.5) is 0 Å². The molecular formula is C22H31NO5. The summed E-state index contributed by atoms with van der Waals surface area (Å²) in [4.78, 5) is 24.2. The Hall–Kier alpha value is -2.50. The highest BCUT2D eigenvalue weighted by molar-refractivity contribution is 6.00. The van der Waals surface area contributed by atoms with Crippen LogP contribution in [0.5, 0.6) is 11.5 Å². The first-order chi connectivity index (χ1) is 13.4. The van der Waals surface area contributed by atoms with E-state index in [1.165, 1.54) is 12.7 Å². The van der Waals surface area contributed by atoms with Gasteiger partial charge in [-0.3, -0.25) is 9.59 Å². The van der Waals surface area contributed by atoms with Gasteiger partial charge >= 0.3 is 5.97 Å². The van der Waals surface area contributed by atoms with Crippen LogP contribution in [-0.2, 0) is 16.0 Å². The molecule has 0 aliphatic heterocycles. The number of esters is 1. The van der Waals surface area contributed by atoms with Crippen LogP contribution >= 0.6 is 0 Å². The van der Waals surface area contributed by atoms with E-state index in [0.29, 0.717) is 17.5 Å². The van der Waals surface area contributed by atoms with Crippen LogP contribution in [-0.4, -0.2) is 35.7 Å². The van der Waals surface area contributed by atoms with Crippen LogP contribution in [0.2, 0.25) is 0 Å². The number of hydrogen-bond acceptors (Lipinski definition) is 5. The Kier molecular flexibility index (Phi) is 7.91. The van der Waals surface area contributed by atoms with E-state index >= 15 is 0 Å². The van der Waals surface area contributed by atoms with Crippen molar-refractivity contribution in [2.75, 3.05) is 13.7 Å². The summed E-state index contributed by atoms with van der Waals surface area (Å²) < 4.78 is 4.56. The fraction of sp³-hybridized carbons (Fsp3) is 0.545. The van der Waals surface area contributed by atoms with E-state index in [4.69, 9.17) is 0 Å². The van der Waals surface area contributed by atoms with Crippen molar-refractivity contribution < 1.29 is 24.5 Å². The van der Waals surface area contributed by atoms with E-state index in [-0.39, 0.29) is 29.5 Å². The van der Waals surface area contributed by atoms with Crippen molar-refractivity contribution in [2.45, 2.75) is 64.7 Å². The lowest BCUT2D eigenvalue weighted by Gasteiger charge is -2.24. The van der Waals surface area contributed by atoms with Gasteiger partial charge < -0.3 is 20.3 Å². The molecule has 2 rings (SSSR count). The summed E-state index contributed by atoms with van der Waals surface area (Å²) in [5, 5.41) is 24.1. The third kappa shape index (κ3) is 5.27. The molecule has 0 aromatic heterocycles. The maximum Gasteiger partial charge on any atom is 0.325 e. The molecule has 1 atom stereocenters. The van der Waals surface area contributed by atoms with Crippen molar-refractivity contribution in [3.8, 4) is 11.5 Å². The number of unbranched alkanes of at least 4 members (excludes halogenated alkanes) is 2. The molecular weight excluding hydrogens is 358 g/mol. The number of benzene rings is 1. The molecule has 0 saturated heterocycles. The van der Waals surface area contributed by atoms with Gasteiger partial charge in [0.1, 0.15) is 18.0 Å². The second-order valence-electron chi connectivity index (χ2n) is 7.42. The largest absolute Gasteiger partial charge is 0.507 e. The first-order valence-electron chi connectivity index (χ1n) is 9.99. The number of rotatable bonds is 8. The average molecular weight is 389 g/mol. The maximum absolute atomic E-state index is 12.8. The van der Waals surface area contributed by atoms with Gasteiger partial charge in [0.15, 0.2) is 0 Å². The number of carbonyl (C=O) groups is 2. The number of aromatic hydroxyl groups is 2. The lowest BCUT2D eigenvalue weighted by molar-refractivity contribution is -0.139. The predicted molar refractivity (Wildman–Crippen MR) is 108 cm³/mol. The summed E-state index contributed by atoms with van der Waals surface area (Å²) >= 11 is 0. The minimum Gasteiger partial charge on any atom is -0.507 e. The number of carbonyl (C=O) groups excluding carboxylic acids is 2. The topological polar surface area (TPSA) is 95.9 Å². The number of amides is 1. The van der Waals surface area contributed by atoms with Gasteiger partial charge in [-0.15, -0.1) is 0 Å². The average Bonchev–Trinajstić information content (AvgIpc) is 2.66. The third-order valence-electron chi connectivity index (χ3n) is 5.24. The zero-order valence-corrected chi connectivity index (χ0v) is 17.0. The lowest BCUT2D eigenvalue weighted by Crippen LogP contribution is -2.31. The van der Waals surface area contributed by atoms with Gasteiger partial charge in [-0.05, 0) is 50.7 Å². The Morgan fingerprint density at radius 1 is 1.29 bits per heavy atom. The molecule has 1 aromatic rings. The Morgan fingerprint density at radius 2 is 2.04 bits per heavy atom. The van der Waals surface area contributed by atoms with Gasteiger partial charge in [0.25, 0.3) is 5.91 Å². The highest BCUT2D eigenvalue weighted by Gasteiger charge is 2.27. The molecule has 0 bridgehead atoms. The standard InChI is InChI=1S/C22H31NO5/c1-4-5-6-9-16-12-17(24)19(15-10-7-8-14(2)11-15)21(26)20(16)22(27)23-13-18(25)28-3/h11-12,15,24,26H,4-10,13H2,1-3H3,(H,23,27). The third-order valence-corrected chi connectivity index (χ3v) is 5.24. The Labute approximate surface area is 166 Å². The first-order valence-corrected chi connectivity index (χ1v) is 9.99. The molecule has 1 amide bonds. The Morgan fingerprint density at radius 3 is 2.68 bits per heavy atom. The summed E-state index contributed by atoms with van der Waals surface area (Å²) in [5.41, 5.74) is 2.33. The highest BCUT2D eigenvalue weighted by Crippen LogP contribution is 2.43. The zero-order valence-electron chi connectivity index (χ0n) is 17.0. The van der Waals surface area contributed by atoms with Crippen molar-refractivity contribution >= 4 is 11.9 Å². The lowest BCUT2D eigenvalue weighted by atomic mass is 9.83. The van der Waals surface area contributed by atoms with Crippen LogP contribution in [0.3, 0.4) is 0 Å². The fourth-order valence-electron chi connectivity index (χ4n) is 3.76. The summed E-state index contributed by atoms with van der Waals surface area (Å²) in [6.45, 7) is 3.84. The second kappa shape index (κ2) is 10.2. The molecule has 0 spiro atoms. The second-order valence-corrected chi connectivity index (χ2v) is 7.42. The van der Waals surface area contributed by atoms with Crippen molar-refractivity contribution in [3.05, 3.63) is 34.4 Å². The number of phenolic OH excluding ortho intramolecular Hbond substituents is 2. The number of phenols is 2. The molecule has 0 heterocycles. The van der Waals surface area contributed by atoms with Crippen molar-refractivity contribution in [2.24, 2.45) is 0 Å². The highest BCUT2D eigenvalue weighted by atomic mass is 16.5. The van der Waals surface area contributed by atoms with Crippen LogP contribution in [0, 0.1) is 0 Å². The summed E-state index contributed by atoms with van der Waals surface area (Å²) in [6, 6.07) is 1.59. The van der Waals surface area contributed by atoms with Gasteiger partial charge in [0.2, 0.25) is 0 Å². The molecule has 6 heteroatoms. The molecule has 0 radical (unpaired) electrons. The normalized spacial score (nSPS) is 16.4. The van der Waals surface area contributed by atoms with E-state index in [2.05, 4.69) is 17.0 Å². The van der Waals surface area contributed by atoms with Crippen LogP contribution < -0.4 is 5.32 Å². The number of hydrogen-bond donors (Lipinski definition) is 3. The number of aryl methyl sites for hydroxylation is 1. The van der Waals surface area contributed by atoms with Gasteiger partial charge in [-0.25, -0.2) is 0 Å². The van der Waals surface area contributed by atoms with Crippen LogP contribution in [0.15, 0.2) is 17.7 Å². The number of methoxy groups -OCH3 is 1. The number of ether oxygens (including phenoxy) is 1. The van der Waals surface area contributed by atoms with Gasteiger partial charge in [-0.1, -0.05) is 31.4 Å². The fourth-order valence-corrected chi connectivity index (χ4v) is 3.76. The van der Waals surface area contributed by atoms with Gasteiger partial charge in [0.05, 0.1) is 12.7 Å². The van der Waals surface area contributed by atoms with E-state index in [9.17, 15) is 19.8 Å². The SMILES string of the molecule is CCCCCc1cc(O)c(C2C=C(C)CCC2)c(O)c1C(=O)NCC(=O)OC. The molecule has 1 aliphatic rings. The van der Waals surface area contributed by atoms with Gasteiger partial charge in [0, 0.05) is 11.5 Å². The minimum absolute atomic E-state index is 0.0180. The molecule has 1 unspecified atom stereocenters.